The molecule has 4 aromatic rings. The molecular weight excluding hydrogens is 459 g/mol. The molecule has 0 amide bonds. The second kappa shape index (κ2) is 8.57. The lowest BCUT2D eigenvalue weighted by atomic mass is 10.1. The van der Waals surface area contributed by atoms with Gasteiger partial charge >= 0.3 is 0 Å². The van der Waals surface area contributed by atoms with Gasteiger partial charge in [-0.1, -0.05) is 23.9 Å². The Labute approximate surface area is 198 Å². The molecule has 1 aliphatic heterocycles. The molecule has 0 spiro atoms. The molecule has 10 heteroatoms. The molecule has 3 aromatic heterocycles. The minimum atomic E-state index is -0.299. The first-order valence-electron chi connectivity index (χ1n) is 11.3. The molecule has 1 N–H and O–H groups in total. The molecule has 0 bridgehead atoms. The number of rotatable bonds is 6. The van der Waals surface area contributed by atoms with E-state index >= 15 is 0 Å². The number of halogens is 1. The van der Waals surface area contributed by atoms with Crippen molar-refractivity contribution >= 4 is 39.3 Å². The lowest BCUT2D eigenvalue weighted by molar-refractivity contribution is 0.548. The SMILES string of the molecule is O=c1[nH]c(CSc2nnc(N3CCCCC3)n2C2CC2)nc2scc(-c3ccc(F)cc3)c12. The number of H-pyrrole nitrogens is 1. The van der Waals surface area contributed by atoms with Gasteiger partial charge in [-0.2, -0.15) is 0 Å². The van der Waals surface area contributed by atoms with Crippen LogP contribution in [-0.2, 0) is 5.75 Å². The maximum Gasteiger partial charge on any atom is 0.260 e. The molecule has 0 radical (unpaired) electrons. The smallest absolute Gasteiger partial charge is 0.260 e. The van der Waals surface area contributed by atoms with Crippen molar-refractivity contribution < 1.29 is 4.39 Å². The quantitative estimate of drug-likeness (QED) is 0.390. The summed E-state index contributed by atoms with van der Waals surface area (Å²) < 4.78 is 15.6. The predicted octanol–water partition coefficient (Wildman–Crippen LogP) is 5.00. The molecule has 7 nitrogen and oxygen atoms in total. The fraction of sp³-hybridized carbons (Fsp3) is 0.391. The number of nitrogens with zero attached hydrogens (tertiary/aromatic N) is 5. The maximum absolute atomic E-state index is 13.3. The molecule has 1 saturated heterocycles. The van der Waals surface area contributed by atoms with E-state index in [1.54, 1.807) is 23.9 Å². The first kappa shape index (κ1) is 20.9. The van der Waals surface area contributed by atoms with E-state index in [1.165, 1.54) is 42.7 Å². The van der Waals surface area contributed by atoms with Crippen molar-refractivity contribution in [2.45, 2.75) is 49.1 Å². The molecule has 2 aliphatic rings. The van der Waals surface area contributed by atoms with Gasteiger partial charge in [0, 0.05) is 30.1 Å². The number of hydrogen-bond donors (Lipinski definition) is 1. The standard InChI is InChI=1S/C23H23FN6OS2/c24-15-6-4-14(5-7-15)17-12-32-21-19(17)20(31)25-18(26-21)13-33-23-28-27-22(30(23)16-8-9-16)29-10-2-1-3-11-29/h4-7,12,16H,1-3,8-11,13H2,(H,25,26,31). The van der Waals surface area contributed by atoms with E-state index < -0.39 is 0 Å². The number of piperidine rings is 1. The fourth-order valence-corrected chi connectivity index (χ4v) is 6.20. The van der Waals surface area contributed by atoms with Crippen molar-refractivity contribution in [2.75, 3.05) is 18.0 Å². The van der Waals surface area contributed by atoms with Crippen molar-refractivity contribution in [3.05, 3.63) is 51.6 Å². The Morgan fingerprint density at radius 2 is 1.91 bits per heavy atom. The van der Waals surface area contributed by atoms with Crippen LogP contribution in [-0.4, -0.2) is 37.8 Å². The number of nitrogens with one attached hydrogen (secondary N) is 1. The van der Waals surface area contributed by atoms with Crippen LogP contribution in [0.3, 0.4) is 0 Å². The Kier molecular flexibility index (Phi) is 5.41. The van der Waals surface area contributed by atoms with Gasteiger partial charge in [0.25, 0.3) is 5.56 Å². The van der Waals surface area contributed by atoms with E-state index in [-0.39, 0.29) is 11.4 Å². The van der Waals surface area contributed by atoms with Crippen molar-refractivity contribution in [3.8, 4) is 11.1 Å². The summed E-state index contributed by atoms with van der Waals surface area (Å²) in [5.74, 6) is 1.82. The lowest BCUT2D eigenvalue weighted by Crippen LogP contribution is -2.31. The van der Waals surface area contributed by atoms with Crippen LogP contribution in [0.15, 0.2) is 39.6 Å². The van der Waals surface area contributed by atoms with Gasteiger partial charge in [0.1, 0.15) is 16.5 Å². The molecule has 1 aliphatic carbocycles. The Hall–Kier alpha value is -2.72. The average molecular weight is 483 g/mol. The second-order valence-electron chi connectivity index (χ2n) is 8.57. The van der Waals surface area contributed by atoms with E-state index in [9.17, 15) is 9.18 Å². The van der Waals surface area contributed by atoms with E-state index in [0.29, 0.717) is 27.8 Å². The summed E-state index contributed by atoms with van der Waals surface area (Å²) in [6.07, 6.45) is 6.00. The highest BCUT2D eigenvalue weighted by Crippen LogP contribution is 2.41. The number of fused-ring (bicyclic) bond motifs is 1. The Morgan fingerprint density at radius 3 is 2.67 bits per heavy atom. The molecule has 4 heterocycles. The molecule has 170 valence electrons. The average Bonchev–Trinajstić information content (AvgIpc) is 3.43. The van der Waals surface area contributed by atoms with Crippen LogP contribution in [0.5, 0.6) is 0 Å². The summed E-state index contributed by atoms with van der Waals surface area (Å²) in [5, 5.41) is 12.4. The van der Waals surface area contributed by atoms with Gasteiger partial charge in [-0.15, -0.1) is 21.5 Å². The molecule has 2 fully saturated rings. The lowest BCUT2D eigenvalue weighted by Gasteiger charge is -2.27. The second-order valence-corrected chi connectivity index (χ2v) is 10.4. The van der Waals surface area contributed by atoms with Gasteiger partial charge in [0.2, 0.25) is 5.95 Å². The third-order valence-corrected chi connectivity index (χ3v) is 8.01. The van der Waals surface area contributed by atoms with Crippen LogP contribution in [0, 0.1) is 5.82 Å². The van der Waals surface area contributed by atoms with Crippen LogP contribution in [0.4, 0.5) is 10.3 Å². The van der Waals surface area contributed by atoms with Gasteiger partial charge in [-0.05, 0) is 49.8 Å². The molecule has 1 aromatic carbocycles. The van der Waals surface area contributed by atoms with Gasteiger partial charge in [-0.25, -0.2) is 9.37 Å². The largest absolute Gasteiger partial charge is 0.341 e. The highest BCUT2D eigenvalue weighted by Gasteiger charge is 2.32. The topological polar surface area (TPSA) is 79.7 Å². The number of benzene rings is 1. The van der Waals surface area contributed by atoms with Crippen molar-refractivity contribution in [3.63, 3.8) is 0 Å². The van der Waals surface area contributed by atoms with Crippen molar-refractivity contribution in [1.82, 2.24) is 24.7 Å². The third kappa shape index (κ3) is 4.06. The predicted molar refractivity (Wildman–Crippen MR) is 130 cm³/mol. The molecule has 0 atom stereocenters. The summed E-state index contributed by atoms with van der Waals surface area (Å²) in [6, 6.07) is 6.65. The minimum absolute atomic E-state index is 0.172. The van der Waals surface area contributed by atoms with Crippen LogP contribution in [0.1, 0.15) is 44.0 Å². The molecule has 6 rings (SSSR count). The summed E-state index contributed by atoms with van der Waals surface area (Å²) in [4.78, 5) is 23.6. The fourth-order valence-electron chi connectivity index (χ4n) is 4.37. The maximum atomic E-state index is 13.3. The van der Waals surface area contributed by atoms with Gasteiger partial charge < -0.3 is 9.88 Å². The summed E-state index contributed by atoms with van der Waals surface area (Å²) >= 11 is 3.00. The number of thiophene rings is 1. The van der Waals surface area contributed by atoms with Crippen LogP contribution < -0.4 is 10.5 Å². The third-order valence-electron chi connectivity index (χ3n) is 6.18. The molecule has 0 unspecified atom stereocenters. The van der Waals surface area contributed by atoms with E-state index in [0.717, 1.165) is 48.2 Å². The summed E-state index contributed by atoms with van der Waals surface area (Å²) in [5.41, 5.74) is 1.41. The van der Waals surface area contributed by atoms with E-state index in [1.807, 2.05) is 5.38 Å². The Bertz CT molecular complexity index is 1350. The van der Waals surface area contributed by atoms with Crippen LogP contribution >= 0.6 is 23.1 Å². The van der Waals surface area contributed by atoms with Crippen molar-refractivity contribution in [2.24, 2.45) is 0 Å². The number of aromatic amines is 1. The van der Waals surface area contributed by atoms with Crippen LogP contribution in [0.25, 0.3) is 21.3 Å². The number of aromatic nitrogens is 5. The first-order valence-corrected chi connectivity index (χ1v) is 13.1. The Morgan fingerprint density at radius 1 is 1.12 bits per heavy atom. The number of thioether (sulfide) groups is 1. The molecule has 1 saturated carbocycles. The van der Waals surface area contributed by atoms with Crippen molar-refractivity contribution in [1.29, 1.82) is 0 Å². The normalized spacial score (nSPS) is 16.6. The minimum Gasteiger partial charge on any atom is -0.341 e. The first-order chi connectivity index (χ1) is 16.2. The zero-order valence-electron chi connectivity index (χ0n) is 18.0. The van der Waals surface area contributed by atoms with E-state index in [4.69, 9.17) is 4.98 Å². The summed E-state index contributed by atoms with van der Waals surface area (Å²) in [6.45, 7) is 2.08. The molecular formula is C23H23FN6OS2. The monoisotopic (exact) mass is 482 g/mol. The van der Waals surface area contributed by atoms with Crippen LogP contribution in [0.2, 0.25) is 0 Å². The number of anilines is 1. The zero-order valence-corrected chi connectivity index (χ0v) is 19.6. The summed E-state index contributed by atoms with van der Waals surface area (Å²) in [7, 11) is 0. The highest BCUT2D eigenvalue weighted by molar-refractivity contribution is 7.98. The number of hydrogen-bond acceptors (Lipinski definition) is 7. The highest BCUT2D eigenvalue weighted by atomic mass is 32.2. The van der Waals surface area contributed by atoms with Gasteiger partial charge in [-0.3, -0.25) is 9.36 Å². The zero-order chi connectivity index (χ0) is 22.4. The van der Waals surface area contributed by atoms with Gasteiger partial charge in [0.05, 0.1) is 11.1 Å². The molecule has 33 heavy (non-hydrogen) atoms. The van der Waals surface area contributed by atoms with E-state index in [2.05, 4.69) is 24.6 Å². The van der Waals surface area contributed by atoms with Gasteiger partial charge in [0.15, 0.2) is 5.16 Å². The Balaban J connectivity index is 1.26.